The Balaban J connectivity index is 0.00000289. The lowest BCUT2D eigenvalue weighted by Crippen LogP contribution is -2.60. The number of morpholine rings is 1. The molecule has 0 radical (unpaired) electrons. The third-order valence-electron chi connectivity index (χ3n) is 7.50. The van der Waals surface area contributed by atoms with Crippen LogP contribution in [0.3, 0.4) is 0 Å². The van der Waals surface area contributed by atoms with Gasteiger partial charge in [-0.15, -0.1) is 35.3 Å². The van der Waals surface area contributed by atoms with Crippen molar-refractivity contribution >= 4 is 41.3 Å². The van der Waals surface area contributed by atoms with Gasteiger partial charge in [-0.05, 0) is 56.1 Å². The van der Waals surface area contributed by atoms with E-state index in [1.165, 1.54) is 62.9 Å². The van der Waals surface area contributed by atoms with Crippen LogP contribution in [0.15, 0.2) is 22.5 Å². The number of hydrogen-bond acceptors (Lipinski definition) is 5. The van der Waals surface area contributed by atoms with Gasteiger partial charge in [0.05, 0.1) is 13.2 Å². The highest BCUT2D eigenvalue weighted by molar-refractivity contribution is 14.0. The van der Waals surface area contributed by atoms with Gasteiger partial charge >= 0.3 is 0 Å². The van der Waals surface area contributed by atoms with Crippen molar-refractivity contribution in [2.24, 2.45) is 10.9 Å². The van der Waals surface area contributed by atoms with Crippen molar-refractivity contribution in [1.82, 2.24) is 20.4 Å². The van der Waals surface area contributed by atoms with Crippen LogP contribution in [0.25, 0.3) is 0 Å². The summed E-state index contributed by atoms with van der Waals surface area (Å²) < 4.78 is 5.62. The van der Waals surface area contributed by atoms with Gasteiger partial charge in [0.15, 0.2) is 5.96 Å². The van der Waals surface area contributed by atoms with E-state index in [2.05, 4.69) is 42.9 Å². The molecule has 182 valence electrons. The summed E-state index contributed by atoms with van der Waals surface area (Å²) in [6.07, 6.45) is 9.19. The molecule has 0 unspecified atom stereocenters. The second kappa shape index (κ2) is 13.5. The highest BCUT2D eigenvalue weighted by Gasteiger charge is 2.38. The number of aliphatic imine (C=N–C) groups is 1. The molecule has 0 spiro atoms. The number of hydrogen-bond donors (Lipinski definition) is 2. The Bertz CT molecular complexity index is 666. The largest absolute Gasteiger partial charge is 0.379 e. The Morgan fingerprint density at radius 2 is 1.88 bits per heavy atom. The monoisotopic (exact) mass is 575 g/mol. The van der Waals surface area contributed by atoms with Crippen molar-refractivity contribution < 1.29 is 4.74 Å². The summed E-state index contributed by atoms with van der Waals surface area (Å²) in [5.41, 5.74) is 0.271. The lowest BCUT2D eigenvalue weighted by atomic mass is 9.80. The molecule has 1 aromatic rings. The molecule has 0 bridgehead atoms. The maximum absolute atomic E-state index is 5.62. The van der Waals surface area contributed by atoms with Gasteiger partial charge in [-0.3, -0.25) is 14.8 Å². The summed E-state index contributed by atoms with van der Waals surface area (Å²) >= 11 is 1.87. The van der Waals surface area contributed by atoms with Gasteiger partial charge in [0.25, 0.3) is 0 Å². The molecule has 2 aliphatic heterocycles. The fraction of sp³-hybridized carbons (Fsp3) is 0.792. The molecule has 0 amide bonds. The van der Waals surface area contributed by atoms with Crippen molar-refractivity contribution in [3.8, 4) is 0 Å². The zero-order valence-corrected chi connectivity index (χ0v) is 22.8. The SMILES string of the molecule is CN=C(NCC1CCN(Cc2cccs2)CC1)NCC1(N2CCOCC2)CCCCC1.I. The van der Waals surface area contributed by atoms with E-state index in [4.69, 9.17) is 4.74 Å². The molecule has 3 aliphatic rings. The minimum atomic E-state index is 0. The topological polar surface area (TPSA) is 52.1 Å². The van der Waals surface area contributed by atoms with Crippen LogP contribution in [0.2, 0.25) is 0 Å². The molecular weight excluding hydrogens is 533 g/mol. The Morgan fingerprint density at radius 3 is 2.53 bits per heavy atom. The molecule has 6 nitrogen and oxygen atoms in total. The molecule has 1 saturated carbocycles. The van der Waals surface area contributed by atoms with Crippen LogP contribution < -0.4 is 10.6 Å². The second-order valence-corrected chi connectivity index (χ2v) is 10.5. The Kier molecular flexibility index (Phi) is 11.0. The van der Waals surface area contributed by atoms with Gasteiger partial charge in [0.1, 0.15) is 0 Å². The van der Waals surface area contributed by atoms with E-state index in [9.17, 15) is 0 Å². The molecule has 2 saturated heterocycles. The molecule has 3 heterocycles. The Hall–Kier alpha value is -0.420. The van der Waals surface area contributed by atoms with E-state index < -0.39 is 0 Å². The lowest BCUT2D eigenvalue weighted by molar-refractivity contribution is -0.0352. The van der Waals surface area contributed by atoms with Crippen LogP contribution >= 0.6 is 35.3 Å². The van der Waals surface area contributed by atoms with Crippen LogP contribution in [0.5, 0.6) is 0 Å². The standard InChI is InChI=1S/C24H41N5OS.HI/c1-25-23(26-18-21-7-11-28(12-8-21)19-22-6-5-17-31-22)27-20-24(9-3-2-4-10-24)29-13-15-30-16-14-29;/h5-6,17,21H,2-4,7-16,18-20H2,1H3,(H2,25,26,27);1H. The quantitative estimate of drug-likeness (QED) is 0.295. The van der Waals surface area contributed by atoms with Crippen molar-refractivity contribution in [1.29, 1.82) is 0 Å². The number of piperidine rings is 1. The van der Waals surface area contributed by atoms with Crippen molar-refractivity contribution in [2.45, 2.75) is 57.0 Å². The van der Waals surface area contributed by atoms with Crippen molar-refractivity contribution in [2.75, 3.05) is 59.5 Å². The molecule has 2 N–H and O–H groups in total. The van der Waals surface area contributed by atoms with Crippen LogP contribution in [0.1, 0.15) is 49.8 Å². The molecule has 8 heteroatoms. The first-order valence-corrected chi connectivity index (χ1v) is 13.2. The normalized spacial score (nSPS) is 23.5. The average Bonchev–Trinajstić information content (AvgIpc) is 3.34. The third kappa shape index (κ3) is 7.29. The van der Waals surface area contributed by atoms with E-state index in [0.717, 1.165) is 57.8 Å². The van der Waals surface area contributed by atoms with Gasteiger partial charge in [0, 0.05) is 50.2 Å². The number of halogens is 1. The van der Waals surface area contributed by atoms with E-state index in [0.29, 0.717) is 0 Å². The van der Waals surface area contributed by atoms with Crippen molar-refractivity contribution in [3.63, 3.8) is 0 Å². The van der Waals surface area contributed by atoms with Crippen LogP contribution in [-0.4, -0.2) is 80.8 Å². The molecule has 0 aromatic carbocycles. The van der Waals surface area contributed by atoms with Crippen LogP contribution in [-0.2, 0) is 11.3 Å². The summed E-state index contributed by atoms with van der Waals surface area (Å²) in [4.78, 5) is 11.3. The lowest BCUT2D eigenvalue weighted by Gasteiger charge is -2.48. The molecule has 3 fully saturated rings. The first-order valence-electron chi connectivity index (χ1n) is 12.3. The van der Waals surface area contributed by atoms with Crippen LogP contribution in [0, 0.1) is 5.92 Å². The minimum Gasteiger partial charge on any atom is -0.379 e. The van der Waals surface area contributed by atoms with Gasteiger partial charge in [-0.25, -0.2) is 0 Å². The number of ether oxygens (including phenoxy) is 1. The fourth-order valence-electron chi connectivity index (χ4n) is 5.53. The number of rotatable bonds is 7. The average molecular weight is 576 g/mol. The number of likely N-dealkylation sites (tertiary alicyclic amines) is 1. The summed E-state index contributed by atoms with van der Waals surface area (Å²) in [5.74, 6) is 1.71. The number of nitrogens with zero attached hydrogens (tertiary/aromatic N) is 3. The number of guanidine groups is 1. The van der Waals surface area contributed by atoms with E-state index in [1.807, 2.05) is 18.4 Å². The Morgan fingerprint density at radius 1 is 1.12 bits per heavy atom. The fourth-order valence-corrected chi connectivity index (χ4v) is 6.28. The third-order valence-corrected chi connectivity index (χ3v) is 8.36. The maximum Gasteiger partial charge on any atom is 0.191 e. The second-order valence-electron chi connectivity index (χ2n) is 9.49. The summed E-state index contributed by atoms with van der Waals surface area (Å²) in [5, 5.41) is 9.52. The minimum absolute atomic E-state index is 0. The van der Waals surface area contributed by atoms with E-state index in [1.54, 1.807) is 0 Å². The molecule has 32 heavy (non-hydrogen) atoms. The zero-order chi connectivity index (χ0) is 21.4. The molecule has 1 aromatic heterocycles. The van der Waals surface area contributed by atoms with Gasteiger partial charge in [0.2, 0.25) is 0 Å². The molecular formula is C24H42IN5OS. The van der Waals surface area contributed by atoms with Crippen molar-refractivity contribution in [3.05, 3.63) is 22.4 Å². The predicted octanol–water partition coefficient (Wildman–Crippen LogP) is 3.78. The Labute approximate surface area is 215 Å². The highest BCUT2D eigenvalue weighted by Crippen LogP contribution is 2.33. The first kappa shape index (κ1) is 26.2. The zero-order valence-electron chi connectivity index (χ0n) is 19.7. The molecule has 0 atom stereocenters. The number of nitrogens with one attached hydrogen (secondary N) is 2. The van der Waals surface area contributed by atoms with Gasteiger partial charge in [-0.2, -0.15) is 0 Å². The van der Waals surface area contributed by atoms with E-state index >= 15 is 0 Å². The van der Waals surface area contributed by atoms with Gasteiger partial charge < -0.3 is 15.4 Å². The summed E-state index contributed by atoms with van der Waals surface area (Å²) in [6, 6.07) is 4.41. The van der Waals surface area contributed by atoms with Crippen LogP contribution in [0.4, 0.5) is 0 Å². The van der Waals surface area contributed by atoms with E-state index in [-0.39, 0.29) is 29.5 Å². The highest BCUT2D eigenvalue weighted by atomic mass is 127. The molecule has 4 rings (SSSR count). The van der Waals surface area contributed by atoms with Gasteiger partial charge in [-0.1, -0.05) is 25.3 Å². The maximum atomic E-state index is 5.62. The smallest absolute Gasteiger partial charge is 0.191 e. The molecule has 1 aliphatic carbocycles. The summed E-state index contributed by atoms with van der Waals surface area (Å²) in [7, 11) is 1.90. The summed E-state index contributed by atoms with van der Waals surface area (Å²) in [6.45, 7) is 9.43. The predicted molar refractivity (Wildman–Crippen MR) is 145 cm³/mol. The first-order chi connectivity index (χ1) is 15.3. The number of thiophene rings is 1.